The Hall–Kier alpha value is -1.31. The van der Waals surface area contributed by atoms with Crippen molar-refractivity contribution in [3.63, 3.8) is 0 Å². The van der Waals surface area contributed by atoms with E-state index in [1.165, 1.54) is 4.31 Å². The second kappa shape index (κ2) is 4.66. The normalized spacial score (nSPS) is 21.9. The Balaban J connectivity index is 1.94. The number of rotatable bonds is 2. The molecule has 1 aromatic carbocycles. The van der Waals surface area contributed by atoms with Gasteiger partial charge in [-0.3, -0.25) is 0 Å². The van der Waals surface area contributed by atoms with Gasteiger partial charge in [-0.15, -0.1) is 0 Å². The van der Waals surface area contributed by atoms with Crippen LogP contribution in [0.3, 0.4) is 0 Å². The first kappa shape index (κ1) is 12.7. The molecule has 104 valence electrons. The fraction of sp³-hybridized carbons (Fsp3) is 0.500. The van der Waals surface area contributed by atoms with Gasteiger partial charge in [-0.25, -0.2) is 8.42 Å². The van der Waals surface area contributed by atoms with Crippen LogP contribution in [0.4, 0.5) is 5.69 Å². The van der Waals surface area contributed by atoms with Crippen LogP contribution in [0.25, 0.3) is 0 Å². The molecule has 0 atom stereocenters. The lowest BCUT2D eigenvalue weighted by Gasteiger charge is -2.23. The fourth-order valence-corrected chi connectivity index (χ4v) is 4.00. The van der Waals surface area contributed by atoms with Gasteiger partial charge in [0, 0.05) is 29.9 Å². The number of ether oxygens (including phenoxy) is 2. The highest BCUT2D eigenvalue weighted by atomic mass is 32.2. The van der Waals surface area contributed by atoms with E-state index in [0.717, 1.165) is 11.1 Å². The Kier molecular flexibility index (Phi) is 3.12. The maximum Gasteiger partial charge on any atom is 0.214 e. The third kappa shape index (κ3) is 2.41. The summed E-state index contributed by atoms with van der Waals surface area (Å²) in [5.74, 6) is 0.934. The van der Waals surface area contributed by atoms with Crippen molar-refractivity contribution < 1.29 is 17.9 Å². The highest BCUT2D eigenvalue weighted by Crippen LogP contribution is 2.32. The Morgan fingerprint density at radius 2 is 2.21 bits per heavy atom. The second-order valence-corrected chi connectivity index (χ2v) is 6.87. The van der Waals surface area contributed by atoms with Crippen LogP contribution in [0.2, 0.25) is 0 Å². The smallest absolute Gasteiger partial charge is 0.214 e. The summed E-state index contributed by atoms with van der Waals surface area (Å²) in [6.45, 7) is 1.51. The number of anilines is 1. The lowest BCUT2D eigenvalue weighted by molar-refractivity contribution is -0.0172. The number of sulfonamides is 1. The van der Waals surface area contributed by atoms with Gasteiger partial charge in [0.15, 0.2) is 6.79 Å². The zero-order valence-electron chi connectivity index (χ0n) is 10.5. The molecule has 0 aromatic heterocycles. The van der Waals surface area contributed by atoms with Crippen LogP contribution in [0.5, 0.6) is 5.75 Å². The number of hydrogen-bond donors (Lipinski definition) is 1. The van der Waals surface area contributed by atoms with Crippen LogP contribution in [-0.4, -0.2) is 31.8 Å². The monoisotopic (exact) mass is 284 g/mol. The molecule has 3 rings (SSSR count). The van der Waals surface area contributed by atoms with Gasteiger partial charge in [-0.1, -0.05) is 0 Å². The highest BCUT2D eigenvalue weighted by molar-refractivity contribution is 7.89. The summed E-state index contributed by atoms with van der Waals surface area (Å²) in [6.07, 6.45) is 0.677. The van der Waals surface area contributed by atoms with Crippen LogP contribution in [0, 0.1) is 0 Å². The van der Waals surface area contributed by atoms with Gasteiger partial charge < -0.3 is 15.2 Å². The van der Waals surface area contributed by atoms with Crippen LogP contribution in [-0.2, 0) is 27.9 Å². The SMILES string of the molecule is Nc1cc2c(c(CN3CCCS3(=O)=O)c1)OCOC2. The first-order chi connectivity index (χ1) is 9.06. The highest BCUT2D eigenvalue weighted by Gasteiger charge is 2.29. The third-order valence-corrected chi connectivity index (χ3v) is 5.26. The molecule has 2 heterocycles. The Bertz CT molecular complexity index is 600. The molecule has 19 heavy (non-hydrogen) atoms. The third-order valence-electron chi connectivity index (χ3n) is 3.36. The van der Waals surface area contributed by atoms with Crippen molar-refractivity contribution >= 4 is 15.7 Å². The molecule has 1 fully saturated rings. The number of nitrogens with zero attached hydrogens (tertiary/aromatic N) is 1. The minimum absolute atomic E-state index is 0.191. The lowest BCUT2D eigenvalue weighted by Crippen LogP contribution is -2.26. The van der Waals surface area contributed by atoms with E-state index in [4.69, 9.17) is 15.2 Å². The van der Waals surface area contributed by atoms with E-state index in [1.807, 2.05) is 0 Å². The van der Waals surface area contributed by atoms with Crippen molar-refractivity contribution in [1.29, 1.82) is 0 Å². The van der Waals surface area contributed by atoms with E-state index in [0.29, 0.717) is 37.6 Å². The first-order valence-corrected chi connectivity index (χ1v) is 7.77. The van der Waals surface area contributed by atoms with Crippen LogP contribution in [0.15, 0.2) is 12.1 Å². The summed E-state index contributed by atoms with van der Waals surface area (Å²) in [4.78, 5) is 0. The standard InChI is InChI=1S/C12H16N2O4S/c13-11-4-9(6-14-2-1-3-19(14,15)16)12-10(5-11)7-17-8-18-12/h4-5H,1-3,6-8,13H2. The molecule has 6 nitrogen and oxygen atoms in total. The van der Waals surface area contributed by atoms with E-state index in [9.17, 15) is 8.42 Å². The van der Waals surface area contributed by atoms with Crippen LogP contribution >= 0.6 is 0 Å². The molecule has 1 saturated heterocycles. The van der Waals surface area contributed by atoms with E-state index in [-0.39, 0.29) is 12.5 Å². The Morgan fingerprint density at radius 1 is 1.37 bits per heavy atom. The van der Waals surface area contributed by atoms with Crippen molar-refractivity contribution in [1.82, 2.24) is 4.31 Å². The average Bonchev–Trinajstić information content (AvgIpc) is 2.68. The summed E-state index contributed by atoms with van der Waals surface area (Å²) >= 11 is 0. The molecular weight excluding hydrogens is 268 g/mol. The number of nitrogens with two attached hydrogens (primary N) is 1. The summed E-state index contributed by atoms with van der Waals surface area (Å²) in [6, 6.07) is 3.58. The molecule has 0 aliphatic carbocycles. The van der Waals surface area contributed by atoms with Crippen molar-refractivity contribution in [2.45, 2.75) is 19.6 Å². The molecule has 7 heteroatoms. The van der Waals surface area contributed by atoms with Gasteiger partial charge in [0.2, 0.25) is 10.0 Å². The summed E-state index contributed by atoms with van der Waals surface area (Å²) in [5, 5.41) is 0. The van der Waals surface area contributed by atoms with Gasteiger partial charge in [0.05, 0.1) is 12.4 Å². The molecule has 0 saturated carbocycles. The summed E-state index contributed by atoms with van der Waals surface area (Å²) in [7, 11) is -3.12. The summed E-state index contributed by atoms with van der Waals surface area (Å²) in [5.41, 5.74) is 8.12. The average molecular weight is 284 g/mol. The fourth-order valence-electron chi connectivity index (χ4n) is 2.50. The number of nitrogen functional groups attached to an aromatic ring is 1. The molecule has 0 amide bonds. The van der Waals surface area contributed by atoms with Crippen molar-refractivity contribution in [3.05, 3.63) is 23.3 Å². The second-order valence-electron chi connectivity index (χ2n) is 4.78. The predicted octanol–water partition coefficient (Wildman–Crippen LogP) is 0.671. The van der Waals surface area contributed by atoms with E-state index in [2.05, 4.69) is 0 Å². The maximum atomic E-state index is 11.8. The molecule has 0 spiro atoms. The van der Waals surface area contributed by atoms with Crippen molar-refractivity contribution in [2.24, 2.45) is 0 Å². The molecule has 2 aliphatic heterocycles. The van der Waals surface area contributed by atoms with Crippen LogP contribution < -0.4 is 10.5 Å². The Morgan fingerprint density at radius 3 is 2.95 bits per heavy atom. The first-order valence-electron chi connectivity index (χ1n) is 6.16. The van der Waals surface area contributed by atoms with Gasteiger partial charge in [-0.2, -0.15) is 4.31 Å². The quantitative estimate of drug-likeness (QED) is 0.807. The molecule has 0 radical (unpaired) electrons. The number of fused-ring (bicyclic) bond motifs is 1. The largest absolute Gasteiger partial charge is 0.467 e. The summed E-state index contributed by atoms with van der Waals surface area (Å²) < 4.78 is 35.9. The molecule has 0 unspecified atom stereocenters. The van der Waals surface area contributed by atoms with Gasteiger partial charge in [-0.05, 0) is 18.6 Å². The van der Waals surface area contributed by atoms with Gasteiger partial charge >= 0.3 is 0 Å². The van der Waals surface area contributed by atoms with Crippen LogP contribution in [0.1, 0.15) is 17.5 Å². The lowest BCUT2D eigenvalue weighted by atomic mass is 10.1. The molecule has 0 bridgehead atoms. The Labute approximate surface area is 112 Å². The molecule has 2 N–H and O–H groups in total. The molecule has 2 aliphatic rings. The van der Waals surface area contributed by atoms with E-state index in [1.54, 1.807) is 12.1 Å². The zero-order valence-corrected chi connectivity index (χ0v) is 11.3. The zero-order chi connectivity index (χ0) is 13.5. The van der Waals surface area contributed by atoms with Crippen molar-refractivity contribution in [3.8, 4) is 5.75 Å². The number of benzene rings is 1. The maximum absolute atomic E-state index is 11.8. The van der Waals surface area contributed by atoms with Gasteiger partial charge in [0.1, 0.15) is 5.75 Å². The van der Waals surface area contributed by atoms with Crippen molar-refractivity contribution in [2.75, 3.05) is 24.8 Å². The predicted molar refractivity (Wildman–Crippen MR) is 70.0 cm³/mol. The topological polar surface area (TPSA) is 81.9 Å². The van der Waals surface area contributed by atoms with Gasteiger partial charge in [0.25, 0.3) is 0 Å². The van der Waals surface area contributed by atoms with E-state index < -0.39 is 10.0 Å². The minimum Gasteiger partial charge on any atom is -0.467 e. The number of hydrogen-bond acceptors (Lipinski definition) is 5. The minimum atomic E-state index is -3.12. The van der Waals surface area contributed by atoms with E-state index >= 15 is 0 Å². The molecule has 1 aromatic rings. The molecular formula is C12H16N2O4S.